The topological polar surface area (TPSA) is 58.1 Å². The molecule has 0 aliphatic heterocycles. The Morgan fingerprint density at radius 1 is 1.20 bits per heavy atom. The Labute approximate surface area is 143 Å². The smallest absolute Gasteiger partial charge is 0.272 e. The number of nitrogens with zero attached hydrogens (tertiary/aromatic N) is 3. The van der Waals surface area contributed by atoms with Gasteiger partial charge in [-0.25, -0.2) is 23.1 Å². The number of nitrogens with one attached hydrogen (secondary N) is 1. The van der Waals surface area contributed by atoms with Crippen LogP contribution in [0.4, 0.5) is 24.8 Å². The standard InChI is InChI=1S/C17H19F3N4O/c1-4-5-8-24(3)16(25)13-9-10(2)21-17(23-13)22-12-7-6-11(18)14(19)15(12)20/h6-7,9H,4-5,8H2,1-3H3,(H,21,22,23). The molecule has 0 aliphatic carbocycles. The van der Waals surface area contributed by atoms with Gasteiger partial charge in [-0.15, -0.1) is 0 Å². The van der Waals surface area contributed by atoms with Gasteiger partial charge in [-0.3, -0.25) is 4.79 Å². The third-order valence-corrected chi connectivity index (χ3v) is 3.55. The molecule has 0 fully saturated rings. The molecule has 1 heterocycles. The van der Waals surface area contributed by atoms with Crippen molar-refractivity contribution in [2.45, 2.75) is 26.7 Å². The second-order valence-corrected chi connectivity index (χ2v) is 5.65. The van der Waals surface area contributed by atoms with E-state index in [0.29, 0.717) is 12.2 Å². The van der Waals surface area contributed by atoms with Gasteiger partial charge in [-0.2, -0.15) is 0 Å². The highest BCUT2D eigenvalue weighted by molar-refractivity contribution is 5.92. The van der Waals surface area contributed by atoms with Crippen LogP contribution in [0.25, 0.3) is 0 Å². The van der Waals surface area contributed by atoms with Crippen LogP contribution in [0.15, 0.2) is 18.2 Å². The maximum Gasteiger partial charge on any atom is 0.272 e. The Morgan fingerprint density at radius 2 is 1.92 bits per heavy atom. The quantitative estimate of drug-likeness (QED) is 0.803. The van der Waals surface area contributed by atoms with Crippen molar-refractivity contribution >= 4 is 17.5 Å². The van der Waals surface area contributed by atoms with Gasteiger partial charge in [0.25, 0.3) is 5.91 Å². The van der Waals surface area contributed by atoms with Crippen LogP contribution in [-0.2, 0) is 0 Å². The van der Waals surface area contributed by atoms with Crippen molar-refractivity contribution in [1.82, 2.24) is 14.9 Å². The van der Waals surface area contributed by atoms with E-state index in [0.717, 1.165) is 25.0 Å². The minimum Gasteiger partial charge on any atom is -0.340 e. The summed E-state index contributed by atoms with van der Waals surface area (Å²) in [4.78, 5) is 22.0. The van der Waals surface area contributed by atoms with Crippen molar-refractivity contribution < 1.29 is 18.0 Å². The van der Waals surface area contributed by atoms with Gasteiger partial charge in [0.1, 0.15) is 5.69 Å². The average Bonchev–Trinajstić information content (AvgIpc) is 2.59. The van der Waals surface area contributed by atoms with Crippen molar-refractivity contribution in [3.8, 4) is 0 Å². The summed E-state index contributed by atoms with van der Waals surface area (Å²) in [7, 11) is 1.66. The van der Waals surface area contributed by atoms with Gasteiger partial charge in [-0.05, 0) is 31.5 Å². The van der Waals surface area contributed by atoms with E-state index < -0.39 is 17.5 Å². The number of unbranched alkanes of at least 4 members (excludes halogenated alkanes) is 1. The summed E-state index contributed by atoms with van der Waals surface area (Å²) < 4.78 is 40.1. The lowest BCUT2D eigenvalue weighted by atomic mass is 10.2. The van der Waals surface area contributed by atoms with E-state index in [1.807, 2.05) is 6.92 Å². The number of benzene rings is 1. The van der Waals surface area contributed by atoms with Crippen LogP contribution in [0.1, 0.15) is 35.9 Å². The Bertz CT molecular complexity index is 783. The number of anilines is 2. The van der Waals surface area contributed by atoms with Crippen molar-refractivity contribution in [3.05, 3.63) is 47.0 Å². The van der Waals surface area contributed by atoms with Crippen molar-refractivity contribution in [2.75, 3.05) is 18.9 Å². The van der Waals surface area contributed by atoms with Crippen LogP contribution < -0.4 is 5.32 Å². The summed E-state index contributed by atoms with van der Waals surface area (Å²) >= 11 is 0. The third-order valence-electron chi connectivity index (χ3n) is 3.55. The van der Waals surface area contributed by atoms with E-state index in [2.05, 4.69) is 15.3 Å². The number of carbonyl (C=O) groups is 1. The summed E-state index contributed by atoms with van der Waals surface area (Å²) in [6, 6.07) is 3.34. The first-order valence-corrected chi connectivity index (χ1v) is 7.85. The first-order valence-electron chi connectivity index (χ1n) is 7.85. The highest BCUT2D eigenvalue weighted by atomic mass is 19.2. The fourth-order valence-electron chi connectivity index (χ4n) is 2.17. The molecule has 8 heteroatoms. The largest absolute Gasteiger partial charge is 0.340 e. The Hall–Kier alpha value is -2.64. The van der Waals surface area contributed by atoms with Crippen LogP contribution in [0, 0.1) is 24.4 Å². The van der Waals surface area contributed by atoms with Gasteiger partial charge < -0.3 is 10.2 Å². The van der Waals surface area contributed by atoms with E-state index in [-0.39, 0.29) is 23.2 Å². The van der Waals surface area contributed by atoms with E-state index in [1.165, 1.54) is 11.0 Å². The molecule has 2 aromatic rings. The molecule has 0 saturated carbocycles. The molecule has 25 heavy (non-hydrogen) atoms. The van der Waals surface area contributed by atoms with Crippen LogP contribution in [0.2, 0.25) is 0 Å². The Balaban J connectivity index is 2.27. The van der Waals surface area contributed by atoms with E-state index >= 15 is 0 Å². The van der Waals surface area contributed by atoms with Crippen LogP contribution in [0.3, 0.4) is 0 Å². The third kappa shape index (κ3) is 4.46. The molecule has 0 spiro atoms. The second kappa shape index (κ2) is 7.96. The van der Waals surface area contributed by atoms with Gasteiger partial charge in [0.2, 0.25) is 5.95 Å². The molecule has 0 aliphatic rings. The Kier molecular flexibility index (Phi) is 5.95. The number of amides is 1. The zero-order chi connectivity index (χ0) is 18.6. The predicted octanol–water partition coefficient (Wildman–Crippen LogP) is 3.82. The molecule has 2 rings (SSSR count). The molecule has 1 N–H and O–H groups in total. The molecule has 0 saturated heterocycles. The van der Waals surface area contributed by atoms with E-state index in [1.54, 1.807) is 14.0 Å². The lowest BCUT2D eigenvalue weighted by molar-refractivity contribution is 0.0787. The van der Waals surface area contributed by atoms with Crippen LogP contribution in [0.5, 0.6) is 0 Å². The van der Waals surface area contributed by atoms with Crippen molar-refractivity contribution in [3.63, 3.8) is 0 Å². The molecule has 1 amide bonds. The second-order valence-electron chi connectivity index (χ2n) is 5.65. The van der Waals surface area contributed by atoms with Gasteiger partial charge in [0.15, 0.2) is 17.5 Å². The number of halogens is 3. The first kappa shape index (κ1) is 18.7. The molecule has 134 valence electrons. The SMILES string of the molecule is CCCCN(C)C(=O)c1cc(C)nc(Nc2ccc(F)c(F)c2F)n1. The molecule has 1 aromatic heterocycles. The van der Waals surface area contributed by atoms with Gasteiger partial charge in [0, 0.05) is 19.3 Å². The van der Waals surface area contributed by atoms with Gasteiger partial charge in [-0.1, -0.05) is 13.3 Å². The normalized spacial score (nSPS) is 10.6. The van der Waals surface area contributed by atoms with Crippen molar-refractivity contribution in [2.24, 2.45) is 0 Å². The molecule has 1 aromatic carbocycles. The minimum atomic E-state index is -1.59. The Morgan fingerprint density at radius 3 is 2.60 bits per heavy atom. The van der Waals surface area contributed by atoms with Crippen LogP contribution in [-0.4, -0.2) is 34.4 Å². The summed E-state index contributed by atoms with van der Waals surface area (Å²) in [5.74, 6) is -4.63. The van der Waals surface area contributed by atoms with Gasteiger partial charge in [0.05, 0.1) is 5.69 Å². The van der Waals surface area contributed by atoms with E-state index in [9.17, 15) is 18.0 Å². The number of rotatable bonds is 6. The molecular formula is C17H19F3N4O. The molecule has 0 unspecified atom stereocenters. The van der Waals surface area contributed by atoms with Crippen molar-refractivity contribution in [1.29, 1.82) is 0 Å². The first-order chi connectivity index (χ1) is 11.8. The number of hydrogen-bond donors (Lipinski definition) is 1. The number of aromatic nitrogens is 2. The summed E-state index contributed by atoms with van der Waals surface area (Å²) in [5.41, 5.74) is 0.298. The summed E-state index contributed by atoms with van der Waals surface area (Å²) in [6.07, 6.45) is 1.81. The predicted molar refractivity (Wildman–Crippen MR) is 88.2 cm³/mol. The monoisotopic (exact) mass is 352 g/mol. The molecule has 5 nitrogen and oxygen atoms in total. The van der Waals surface area contributed by atoms with Gasteiger partial charge >= 0.3 is 0 Å². The average molecular weight is 352 g/mol. The fraction of sp³-hybridized carbons (Fsp3) is 0.353. The highest BCUT2D eigenvalue weighted by Crippen LogP contribution is 2.22. The maximum absolute atomic E-state index is 13.8. The highest BCUT2D eigenvalue weighted by Gasteiger charge is 2.17. The summed E-state index contributed by atoms with van der Waals surface area (Å²) in [5, 5.41) is 2.48. The fourth-order valence-corrected chi connectivity index (χ4v) is 2.17. The summed E-state index contributed by atoms with van der Waals surface area (Å²) in [6.45, 7) is 4.25. The lowest BCUT2D eigenvalue weighted by Gasteiger charge is -2.17. The zero-order valence-corrected chi connectivity index (χ0v) is 14.2. The zero-order valence-electron chi connectivity index (χ0n) is 14.2. The maximum atomic E-state index is 13.8. The van der Waals surface area contributed by atoms with E-state index in [4.69, 9.17) is 0 Å². The molecule has 0 radical (unpaired) electrons. The molecular weight excluding hydrogens is 333 g/mol. The number of carbonyl (C=O) groups excluding carboxylic acids is 1. The molecule has 0 bridgehead atoms. The number of aryl methyl sites for hydroxylation is 1. The van der Waals surface area contributed by atoms with Crippen LogP contribution >= 0.6 is 0 Å². The number of hydrogen-bond acceptors (Lipinski definition) is 4. The molecule has 0 atom stereocenters. The lowest BCUT2D eigenvalue weighted by Crippen LogP contribution is -2.28. The minimum absolute atomic E-state index is 0.0721.